The lowest BCUT2D eigenvalue weighted by atomic mass is 10.1. The number of nitrogens with zero attached hydrogens (tertiary/aromatic N) is 2. The fraction of sp³-hybridized carbons (Fsp3) is 0.348. The van der Waals surface area contributed by atoms with E-state index in [1.54, 1.807) is 29.2 Å². The predicted molar refractivity (Wildman–Crippen MR) is 119 cm³/mol. The van der Waals surface area contributed by atoms with Crippen molar-refractivity contribution in [2.45, 2.75) is 35.8 Å². The molecular weight excluding hydrogens is 452 g/mol. The lowest BCUT2D eigenvalue weighted by molar-refractivity contribution is -0.134. The van der Waals surface area contributed by atoms with Gasteiger partial charge in [0.25, 0.3) is 11.8 Å². The highest BCUT2D eigenvalue weighted by Gasteiger charge is 2.40. The highest BCUT2D eigenvalue weighted by molar-refractivity contribution is 7.92. The maximum atomic E-state index is 12.6. The minimum atomic E-state index is -3.48. The molecule has 1 saturated heterocycles. The molecule has 0 radical (unpaired) electrons. The lowest BCUT2D eigenvalue weighted by Gasteiger charge is -2.38. The van der Waals surface area contributed by atoms with Crippen LogP contribution in [0.15, 0.2) is 53.4 Å². The summed E-state index contributed by atoms with van der Waals surface area (Å²) in [7, 11) is -3.48. The lowest BCUT2D eigenvalue weighted by Crippen LogP contribution is -2.56. The van der Waals surface area contributed by atoms with E-state index in [-0.39, 0.29) is 35.7 Å². The molecule has 0 aliphatic carbocycles. The third kappa shape index (κ3) is 4.29. The zero-order valence-electron chi connectivity index (χ0n) is 17.4. The number of carbonyl (C=O) groups is 3. The quantitative estimate of drug-likeness (QED) is 0.433. The van der Waals surface area contributed by atoms with Gasteiger partial charge >= 0.3 is 0 Å². The number of halogens is 1. The topological polar surface area (TPSA) is 91.8 Å². The Bertz CT molecular complexity index is 1120. The zero-order chi connectivity index (χ0) is 22.9. The number of unbranched alkanes of at least 4 members (excludes halogenated alkanes) is 2. The van der Waals surface area contributed by atoms with Crippen molar-refractivity contribution < 1.29 is 22.8 Å². The van der Waals surface area contributed by atoms with Crippen molar-refractivity contribution in [2.75, 3.05) is 19.6 Å². The second-order valence-corrected chi connectivity index (χ2v) is 10.7. The van der Waals surface area contributed by atoms with E-state index < -0.39 is 15.1 Å². The Labute approximate surface area is 191 Å². The standard InChI is InChI=1S/C23H23ClN2O5S/c24-16-9-11-17(12-10-16)32(30,31)18-14-25(15-18)21(27)8-2-1-5-13-26-22(28)19-6-3-4-7-20(19)23(26)29/h3-4,6-7,9-12,18H,1-2,5,8,13-15H2. The van der Waals surface area contributed by atoms with Crippen LogP contribution in [0.3, 0.4) is 0 Å². The Morgan fingerprint density at radius 3 is 2.09 bits per heavy atom. The van der Waals surface area contributed by atoms with Gasteiger partial charge in [-0.05, 0) is 49.2 Å². The molecule has 0 spiro atoms. The average molecular weight is 475 g/mol. The first-order valence-corrected chi connectivity index (χ1v) is 12.4. The summed E-state index contributed by atoms with van der Waals surface area (Å²) >= 11 is 5.81. The maximum Gasteiger partial charge on any atom is 0.261 e. The summed E-state index contributed by atoms with van der Waals surface area (Å²) in [6, 6.07) is 12.8. The van der Waals surface area contributed by atoms with E-state index in [1.807, 2.05) is 0 Å². The van der Waals surface area contributed by atoms with E-state index >= 15 is 0 Å². The van der Waals surface area contributed by atoms with Crippen LogP contribution in [0.1, 0.15) is 46.4 Å². The van der Waals surface area contributed by atoms with Crippen molar-refractivity contribution in [1.82, 2.24) is 9.80 Å². The SMILES string of the molecule is O=C(CCCCCN1C(=O)c2ccccc2C1=O)N1CC(S(=O)(=O)c2ccc(Cl)cc2)C1. The summed E-state index contributed by atoms with van der Waals surface area (Å²) in [6.45, 7) is 0.712. The molecule has 168 valence electrons. The summed E-state index contributed by atoms with van der Waals surface area (Å²) in [4.78, 5) is 40.0. The number of benzene rings is 2. The third-order valence-corrected chi connectivity index (χ3v) is 8.29. The fourth-order valence-electron chi connectivity index (χ4n) is 3.98. The Hall–Kier alpha value is -2.71. The minimum Gasteiger partial charge on any atom is -0.340 e. The van der Waals surface area contributed by atoms with Gasteiger partial charge in [-0.3, -0.25) is 19.3 Å². The molecule has 3 amide bonds. The first-order chi connectivity index (χ1) is 15.3. The van der Waals surface area contributed by atoms with Crippen molar-refractivity contribution >= 4 is 39.2 Å². The van der Waals surface area contributed by atoms with Gasteiger partial charge in [-0.15, -0.1) is 0 Å². The van der Waals surface area contributed by atoms with Crippen molar-refractivity contribution in [1.29, 1.82) is 0 Å². The Kier molecular flexibility index (Phi) is 6.35. The molecule has 7 nitrogen and oxygen atoms in total. The highest BCUT2D eigenvalue weighted by atomic mass is 35.5. The van der Waals surface area contributed by atoms with Crippen molar-refractivity contribution in [2.24, 2.45) is 0 Å². The first-order valence-electron chi connectivity index (χ1n) is 10.5. The van der Waals surface area contributed by atoms with Crippen molar-refractivity contribution in [3.8, 4) is 0 Å². The molecule has 2 aliphatic rings. The molecule has 0 saturated carbocycles. The molecule has 0 aromatic heterocycles. The molecule has 2 aromatic carbocycles. The number of amides is 3. The van der Waals surface area contributed by atoms with Crippen LogP contribution in [0.4, 0.5) is 0 Å². The summed E-state index contributed by atoms with van der Waals surface area (Å²) in [5.74, 6) is -0.612. The number of sulfone groups is 1. The molecular formula is C23H23ClN2O5S. The molecule has 0 unspecified atom stereocenters. The van der Waals surface area contributed by atoms with Crippen molar-refractivity contribution in [3.63, 3.8) is 0 Å². The Morgan fingerprint density at radius 1 is 0.906 bits per heavy atom. The first kappa shape index (κ1) is 22.5. The van der Waals surface area contributed by atoms with E-state index in [0.29, 0.717) is 48.4 Å². The van der Waals surface area contributed by atoms with Crippen LogP contribution in [-0.4, -0.2) is 60.8 Å². The molecule has 0 N–H and O–H groups in total. The summed E-state index contributed by atoms with van der Waals surface area (Å²) in [5, 5.41) is -0.126. The van der Waals surface area contributed by atoms with Crippen LogP contribution in [0.5, 0.6) is 0 Å². The maximum absolute atomic E-state index is 12.6. The number of hydrogen-bond acceptors (Lipinski definition) is 5. The van der Waals surface area contributed by atoms with Crippen LogP contribution in [0, 0.1) is 0 Å². The molecule has 2 aliphatic heterocycles. The van der Waals surface area contributed by atoms with Gasteiger partial charge < -0.3 is 4.90 Å². The van der Waals surface area contributed by atoms with Gasteiger partial charge in [0.1, 0.15) is 5.25 Å². The van der Waals surface area contributed by atoms with Gasteiger partial charge in [-0.25, -0.2) is 8.42 Å². The molecule has 2 aromatic rings. The smallest absolute Gasteiger partial charge is 0.261 e. The predicted octanol–water partition coefficient (Wildman–Crippen LogP) is 3.18. The zero-order valence-corrected chi connectivity index (χ0v) is 18.9. The third-order valence-electron chi connectivity index (χ3n) is 5.93. The molecule has 0 atom stereocenters. The summed E-state index contributed by atoms with van der Waals surface area (Å²) in [6.07, 6.45) is 2.24. The van der Waals surface area contributed by atoms with Gasteiger partial charge in [-0.1, -0.05) is 30.2 Å². The van der Waals surface area contributed by atoms with Crippen molar-refractivity contribution in [3.05, 3.63) is 64.7 Å². The fourth-order valence-corrected chi connectivity index (χ4v) is 5.76. The number of carbonyl (C=O) groups excluding carboxylic acids is 3. The second kappa shape index (κ2) is 9.03. The molecule has 2 heterocycles. The average Bonchev–Trinajstić information content (AvgIpc) is 2.97. The van der Waals surface area contributed by atoms with E-state index in [4.69, 9.17) is 11.6 Å². The molecule has 0 bridgehead atoms. The van der Waals surface area contributed by atoms with E-state index in [9.17, 15) is 22.8 Å². The van der Waals surface area contributed by atoms with Gasteiger partial charge in [0, 0.05) is 31.1 Å². The minimum absolute atomic E-state index is 0.0757. The monoisotopic (exact) mass is 474 g/mol. The van der Waals surface area contributed by atoms with Gasteiger partial charge in [0.15, 0.2) is 9.84 Å². The van der Waals surface area contributed by atoms with Crippen LogP contribution in [0.2, 0.25) is 5.02 Å². The Balaban J connectivity index is 1.17. The van der Waals surface area contributed by atoms with Gasteiger partial charge in [0.05, 0.1) is 16.0 Å². The summed E-state index contributed by atoms with van der Waals surface area (Å²) in [5.41, 5.74) is 0.877. The van der Waals surface area contributed by atoms with Crippen LogP contribution in [0.25, 0.3) is 0 Å². The Morgan fingerprint density at radius 2 is 1.50 bits per heavy atom. The molecule has 4 rings (SSSR count). The van der Waals surface area contributed by atoms with E-state index in [2.05, 4.69) is 0 Å². The second-order valence-electron chi connectivity index (χ2n) is 8.04. The van der Waals surface area contributed by atoms with Crippen LogP contribution in [-0.2, 0) is 14.6 Å². The van der Waals surface area contributed by atoms with Crippen LogP contribution >= 0.6 is 11.6 Å². The van der Waals surface area contributed by atoms with Crippen LogP contribution < -0.4 is 0 Å². The number of imide groups is 1. The number of hydrogen-bond donors (Lipinski definition) is 0. The number of fused-ring (bicyclic) bond motifs is 1. The van der Waals surface area contributed by atoms with Gasteiger partial charge in [0.2, 0.25) is 5.91 Å². The largest absolute Gasteiger partial charge is 0.340 e. The normalized spacial score (nSPS) is 16.3. The number of rotatable bonds is 8. The highest BCUT2D eigenvalue weighted by Crippen LogP contribution is 2.26. The van der Waals surface area contributed by atoms with E-state index in [1.165, 1.54) is 29.2 Å². The molecule has 32 heavy (non-hydrogen) atoms. The number of likely N-dealkylation sites (tertiary alicyclic amines) is 1. The van der Waals surface area contributed by atoms with E-state index in [0.717, 1.165) is 0 Å². The molecule has 1 fully saturated rings. The van der Waals surface area contributed by atoms with Gasteiger partial charge in [-0.2, -0.15) is 0 Å². The molecule has 9 heteroatoms. The summed E-state index contributed by atoms with van der Waals surface area (Å²) < 4.78 is 25.2.